The number of hydrogen-bond acceptors (Lipinski definition) is 5. The van der Waals surface area contributed by atoms with Crippen LogP contribution in [0.2, 0.25) is 0 Å². The number of ether oxygens (including phenoxy) is 1. The van der Waals surface area contributed by atoms with Crippen LogP contribution in [-0.2, 0) is 13.0 Å². The lowest BCUT2D eigenvalue weighted by Crippen LogP contribution is -2.31. The summed E-state index contributed by atoms with van der Waals surface area (Å²) in [6.45, 7) is 3.74. The number of nitrogen functional groups attached to an aromatic ring is 1. The summed E-state index contributed by atoms with van der Waals surface area (Å²) in [6.07, 6.45) is 5.95. The summed E-state index contributed by atoms with van der Waals surface area (Å²) in [5.41, 5.74) is 10.8. The van der Waals surface area contributed by atoms with Crippen LogP contribution in [0.5, 0.6) is 5.75 Å². The number of nitrogens with two attached hydrogens (primary N) is 1. The molecule has 2 amide bonds. The van der Waals surface area contributed by atoms with E-state index in [9.17, 15) is 9.59 Å². The summed E-state index contributed by atoms with van der Waals surface area (Å²) in [6, 6.07) is 23.7. The second-order valence-electron chi connectivity index (χ2n) is 10.6. The fourth-order valence-electron chi connectivity index (χ4n) is 5.23. The van der Waals surface area contributed by atoms with E-state index >= 15 is 0 Å². The number of likely N-dealkylation sites (tertiary alicyclic amines) is 1. The zero-order valence-corrected chi connectivity index (χ0v) is 24.9. The summed E-state index contributed by atoms with van der Waals surface area (Å²) in [7, 11) is 0. The monoisotopic (exact) mass is 597 g/mol. The predicted octanol–water partition coefficient (Wildman–Crippen LogP) is 5.62. The molecule has 9 heteroatoms. The average molecular weight is 598 g/mol. The number of aromatic nitrogens is 1. The van der Waals surface area contributed by atoms with Gasteiger partial charge in [0.2, 0.25) is 0 Å². The van der Waals surface area contributed by atoms with E-state index in [2.05, 4.69) is 10.3 Å². The number of carbonyl (C=O) groups is 2. The van der Waals surface area contributed by atoms with Gasteiger partial charge in [-0.2, -0.15) is 0 Å². The van der Waals surface area contributed by atoms with Gasteiger partial charge in [-0.05, 0) is 85.3 Å². The Hall–Kier alpha value is -4.69. The minimum atomic E-state index is -0.516. The molecule has 222 valence electrons. The van der Waals surface area contributed by atoms with Gasteiger partial charge >= 0.3 is 0 Å². The van der Waals surface area contributed by atoms with E-state index in [0.29, 0.717) is 41.0 Å². The van der Waals surface area contributed by atoms with Gasteiger partial charge < -0.3 is 20.7 Å². The molecule has 8 nitrogen and oxygen atoms in total. The number of halogens is 1. The summed E-state index contributed by atoms with van der Waals surface area (Å²) in [4.78, 5) is 32.8. The number of amidine groups is 1. The predicted molar refractivity (Wildman–Crippen MR) is 170 cm³/mol. The van der Waals surface area contributed by atoms with E-state index in [1.807, 2.05) is 54.3 Å². The smallest absolute Gasteiger partial charge is 0.254 e. The number of pyridine rings is 1. The van der Waals surface area contributed by atoms with Crippen LogP contribution in [0.4, 0.5) is 0 Å². The Bertz CT molecular complexity index is 1570. The van der Waals surface area contributed by atoms with Crippen molar-refractivity contribution in [2.24, 2.45) is 5.73 Å². The van der Waals surface area contributed by atoms with Crippen molar-refractivity contribution >= 4 is 30.1 Å². The molecule has 0 saturated carbocycles. The van der Waals surface area contributed by atoms with Gasteiger partial charge in [-0.3, -0.25) is 20.0 Å². The van der Waals surface area contributed by atoms with Crippen molar-refractivity contribution in [1.29, 1.82) is 5.41 Å². The molecule has 0 spiro atoms. The van der Waals surface area contributed by atoms with Crippen molar-refractivity contribution in [3.05, 3.63) is 130 Å². The van der Waals surface area contributed by atoms with Gasteiger partial charge in [0, 0.05) is 47.7 Å². The Morgan fingerprint density at radius 2 is 1.70 bits per heavy atom. The first kappa shape index (κ1) is 31.3. The standard InChI is InChI=1S/C34H35N5O3.ClH/c1-23-18-27(11-13-28(23)34(41)39-16-5-6-17-39)33(40)38-30(19-25-10-7-15-37-21-25)29-20-26(32(35)36)12-14-31(29)42-22-24-8-3-2-4-9-24;/h2-4,7-15,18,20-21,30H,5-6,16-17,19,22H2,1H3,(H3,35,36)(H,38,40);1H. The molecule has 4 N–H and O–H groups in total. The van der Waals surface area contributed by atoms with Gasteiger partial charge in [0.15, 0.2) is 0 Å². The lowest BCUT2D eigenvalue weighted by atomic mass is 9.96. The van der Waals surface area contributed by atoms with Gasteiger partial charge in [0.25, 0.3) is 11.8 Å². The Morgan fingerprint density at radius 3 is 2.37 bits per heavy atom. The number of amides is 2. The molecule has 3 aromatic carbocycles. The second-order valence-corrected chi connectivity index (χ2v) is 10.6. The number of aryl methyl sites for hydroxylation is 1. The average Bonchev–Trinajstić information content (AvgIpc) is 3.55. The Balaban J connectivity index is 0.00000423. The summed E-state index contributed by atoms with van der Waals surface area (Å²) in [5, 5.41) is 11.2. The lowest BCUT2D eigenvalue weighted by Gasteiger charge is -2.23. The van der Waals surface area contributed by atoms with E-state index in [1.165, 1.54) is 0 Å². The third kappa shape index (κ3) is 7.78. The van der Waals surface area contributed by atoms with Crippen LogP contribution in [0.3, 0.4) is 0 Å². The maximum absolute atomic E-state index is 13.7. The number of hydrogen-bond donors (Lipinski definition) is 3. The van der Waals surface area contributed by atoms with E-state index < -0.39 is 6.04 Å². The summed E-state index contributed by atoms with van der Waals surface area (Å²) < 4.78 is 6.25. The molecule has 1 unspecified atom stereocenters. The highest BCUT2D eigenvalue weighted by atomic mass is 35.5. The fourth-order valence-corrected chi connectivity index (χ4v) is 5.23. The molecule has 1 saturated heterocycles. The molecule has 1 aromatic heterocycles. The molecule has 0 aliphatic carbocycles. The van der Waals surface area contributed by atoms with Crippen LogP contribution >= 0.6 is 12.4 Å². The molecule has 1 aliphatic rings. The molecule has 5 rings (SSSR count). The first-order valence-electron chi connectivity index (χ1n) is 14.1. The normalized spacial score (nSPS) is 13.1. The van der Waals surface area contributed by atoms with E-state index in [4.69, 9.17) is 15.9 Å². The molecule has 43 heavy (non-hydrogen) atoms. The molecule has 0 bridgehead atoms. The van der Waals surface area contributed by atoms with Crippen LogP contribution in [0.15, 0.2) is 91.3 Å². The fraction of sp³-hybridized carbons (Fsp3) is 0.235. The van der Waals surface area contributed by atoms with Crippen LogP contribution in [0.1, 0.15) is 67.4 Å². The second kappa shape index (κ2) is 14.5. The maximum atomic E-state index is 13.7. The Kier molecular flexibility index (Phi) is 10.5. The molecule has 1 aliphatic heterocycles. The zero-order chi connectivity index (χ0) is 29.5. The zero-order valence-electron chi connectivity index (χ0n) is 24.1. The van der Waals surface area contributed by atoms with Gasteiger partial charge in [0.05, 0.1) is 6.04 Å². The van der Waals surface area contributed by atoms with Crippen molar-refractivity contribution in [3.63, 3.8) is 0 Å². The van der Waals surface area contributed by atoms with Crippen molar-refractivity contribution < 1.29 is 14.3 Å². The van der Waals surface area contributed by atoms with Gasteiger partial charge in [-0.25, -0.2) is 0 Å². The molecule has 2 heterocycles. The highest BCUT2D eigenvalue weighted by Gasteiger charge is 2.24. The quantitative estimate of drug-likeness (QED) is 0.162. The third-order valence-corrected chi connectivity index (χ3v) is 7.51. The van der Waals surface area contributed by atoms with E-state index in [-0.39, 0.29) is 30.1 Å². The van der Waals surface area contributed by atoms with E-state index in [1.54, 1.807) is 48.8 Å². The minimum Gasteiger partial charge on any atom is -0.489 e. The van der Waals surface area contributed by atoms with Crippen molar-refractivity contribution in [2.45, 2.75) is 38.8 Å². The highest BCUT2D eigenvalue weighted by Crippen LogP contribution is 2.30. The molecule has 1 atom stereocenters. The molecule has 0 radical (unpaired) electrons. The van der Waals surface area contributed by atoms with Gasteiger partial charge in [0.1, 0.15) is 18.2 Å². The first-order chi connectivity index (χ1) is 20.4. The van der Waals surface area contributed by atoms with Crippen LogP contribution in [0.25, 0.3) is 0 Å². The van der Waals surface area contributed by atoms with Crippen molar-refractivity contribution in [3.8, 4) is 5.75 Å². The van der Waals surface area contributed by atoms with E-state index in [0.717, 1.165) is 42.6 Å². The van der Waals surface area contributed by atoms with Crippen molar-refractivity contribution in [2.75, 3.05) is 13.1 Å². The number of nitrogens with zero attached hydrogens (tertiary/aromatic N) is 2. The Morgan fingerprint density at radius 1 is 0.977 bits per heavy atom. The van der Waals surface area contributed by atoms with Crippen LogP contribution < -0.4 is 15.8 Å². The maximum Gasteiger partial charge on any atom is 0.254 e. The lowest BCUT2D eigenvalue weighted by molar-refractivity contribution is 0.0791. The SMILES string of the molecule is Cc1cc(C(=O)NC(Cc2cccnc2)c2cc(C(=N)N)ccc2OCc2ccccc2)ccc1C(=O)N1CCCC1.Cl. The van der Waals surface area contributed by atoms with Crippen LogP contribution in [0, 0.1) is 12.3 Å². The number of benzene rings is 3. The number of nitrogens with one attached hydrogen (secondary N) is 2. The Labute approximate surface area is 258 Å². The molecule has 4 aromatic rings. The van der Waals surface area contributed by atoms with Gasteiger partial charge in [-0.15, -0.1) is 12.4 Å². The number of rotatable bonds is 10. The molecular formula is C34H36ClN5O3. The molecular weight excluding hydrogens is 562 g/mol. The topological polar surface area (TPSA) is 121 Å². The van der Waals surface area contributed by atoms with Crippen molar-refractivity contribution in [1.82, 2.24) is 15.2 Å². The van der Waals surface area contributed by atoms with Crippen LogP contribution in [-0.4, -0.2) is 40.6 Å². The first-order valence-corrected chi connectivity index (χ1v) is 14.1. The minimum absolute atomic E-state index is 0. The highest BCUT2D eigenvalue weighted by molar-refractivity contribution is 5.99. The largest absolute Gasteiger partial charge is 0.489 e. The molecule has 1 fully saturated rings. The third-order valence-electron chi connectivity index (χ3n) is 7.51. The summed E-state index contributed by atoms with van der Waals surface area (Å²) >= 11 is 0. The number of carbonyl (C=O) groups excluding carboxylic acids is 2. The summed E-state index contributed by atoms with van der Waals surface area (Å²) in [5.74, 6) is 0.231. The van der Waals surface area contributed by atoms with Gasteiger partial charge in [-0.1, -0.05) is 36.4 Å².